The van der Waals surface area contributed by atoms with Crippen LogP contribution in [0.25, 0.3) is 0 Å². The molecule has 0 aliphatic carbocycles. The summed E-state index contributed by atoms with van der Waals surface area (Å²) in [5.41, 5.74) is 4.21. The van der Waals surface area contributed by atoms with Crippen LogP contribution in [-0.2, 0) is 14.8 Å². The van der Waals surface area contributed by atoms with E-state index in [1.54, 1.807) is 0 Å². The van der Waals surface area contributed by atoms with E-state index in [1.165, 1.54) is 26.2 Å². The SMILES string of the molecule is COCCC(C)(O)CNS(=O)(=O)c1ccc(O)c(N)c1. The smallest absolute Gasteiger partial charge is 0.240 e. The second-order valence-electron chi connectivity index (χ2n) is 4.78. The molecule has 7 nitrogen and oxygen atoms in total. The minimum atomic E-state index is -3.80. The normalized spacial score (nSPS) is 14.9. The Balaban J connectivity index is 2.77. The number of hydrogen-bond acceptors (Lipinski definition) is 6. The molecule has 114 valence electrons. The second-order valence-corrected chi connectivity index (χ2v) is 6.55. The van der Waals surface area contributed by atoms with Crippen LogP contribution in [-0.4, -0.2) is 44.5 Å². The van der Waals surface area contributed by atoms with E-state index in [2.05, 4.69) is 4.72 Å². The Bertz CT molecular complexity index is 557. The van der Waals surface area contributed by atoms with Crippen molar-refractivity contribution in [1.82, 2.24) is 4.72 Å². The van der Waals surface area contributed by atoms with Gasteiger partial charge in [0, 0.05) is 26.7 Å². The Morgan fingerprint density at radius 2 is 2.10 bits per heavy atom. The lowest BCUT2D eigenvalue weighted by Crippen LogP contribution is -2.41. The lowest BCUT2D eigenvalue weighted by atomic mass is 10.0. The summed E-state index contributed by atoms with van der Waals surface area (Å²) in [4.78, 5) is -0.0738. The quantitative estimate of drug-likeness (QED) is 0.417. The number of aromatic hydroxyl groups is 1. The van der Waals surface area contributed by atoms with Gasteiger partial charge in [-0.25, -0.2) is 13.1 Å². The maximum absolute atomic E-state index is 12.0. The van der Waals surface area contributed by atoms with Crippen molar-refractivity contribution < 1.29 is 23.4 Å². The van der Waals surface area contributed by atoms with Crippen molar-refractivity contribution >= 4 is 15.7 Å². The van der Waals surface area contributed by atoms with Gasteiger partial charge in [-0.15, -0.1) is 0 Å². The van der Waals surface area contributed by atoms with Crippen molar-refractivity contribution in [1.29, 1.82) is 0 Å². The van der Waals surface area contributed by atoms with Crippen LogP contribution in [0, 0.1) is 0 Å². The first-order valence-corrected chi connectivity index (χ1v) is 7.46. The first-order valence-electron chi connectivity index (χ1n) is 5.97. The third kappa shape index (κ3) is 4.64. The highest BCUT2D eigenvalue weighted by Crippen LogP contribution is 2.23. The van der Waals surface area contributed by atoms with Crippen molar-refractivity contribution in [3.05, 3.63) is 18.2 Å². The van der Waals surface area contributed by atoms with Crippen LogP contribution in [0.2, 0.25) is 0 Å². The van der Waals surface area contributed by atoms with Crippen molar-refractivity contribution in [3.63, 3.8) is 0 Å². The number of ether oxygens (including phenoxy) is 1. The number of rotatable bonds is 7. The number of anilines is 1. The highest BCUT2D eigenvalue weighted by molar-refractivity contribution is 7.89. The molecule has 1 aromatic carbocycles. The van der Waals surface area contributed by atoms with Gasteiger partial charge < -0.3 is 20.7 Å². The zero-order valence-corrected chi connectivity index (χ0v) is 12.3. The monoisotopic (exact) mass is 304 g/mol. The minimum absolute atomic E-state index is 0.0287. The molecule has 1 aromatic rings. The Morgan fingerprint density at radius 3 is 2.65 bits per heavy atom. The molecule has 0 spiro atoms. The summed E-state index contributed by atoms with van der Waals surface area (Å²) in [6.45, 7) is 1.68. The number of nitrogens with two attached hydrogens (primary N) is 1. The van der Waals surface area contributed by atoms with Crippen LogP contribution < -0.4 is 10.5 Å². The van der Waals surface area contributed by atoms with Crippen molar-refractivity contribution in [3.8, 4) is 5.75 Å². The molecular weight excluding hydrogens is 284 g/mol. The summed E-state index contributed by atoms with van der Waals surface area (Å²) < 4.78 is 31.2. The van der Waals surface area contributed by atoms with Crippen LogP contribution in [0.5, 0.6) is 5.75 Å². The Labute approximate surface area is 118 Å². The molecule has 0 aliphatic rings. The van der Waals surface area contributed by atoms with Crippen LogP contribution in [0.3, 0.4) is 0 Å². The zero-order chi connectivity index (χ0) is 15.4. The largest absolute Gasteiger partial charge is 0.506 e. The van der Waals surface area contributed by atoms with E-state index in [-0.39, 0.29) is 22.9 Å². The number of phenols is 1. The van der Waals surface area contributed by atoms with Gasteiger partial charge >= 0.3 is 0 Å². The van der Waals surface area contributed by atoms with Crippen LogP contribution in [0.4, 0.5) is 5.69 Å². The molecule has 0 amide bonds. The first-order chi connectivity index (χ1) is 9.18. The lowest BCUT2D eigenvalue weighted by molar-refractivity contribution is 0.0292. The number of nitrogens with one attached hydrogen (secondary N) is 1. The number of benzene rings is 1. The van der Waals surface area contributed by atoms with E-state index in [9.17, 15) is 18.6 Å². The van der Waals surface area contributed by atoms with Gasteiger partial charge in [-0.2, -0.15) is 0 Å². The summed E-state index contributed by atoms with van der Waals surface area (Å²) in [6, 6.07) is 3.59. The van der Waals surface area contributed by atoms with Crippen LogP contribution in [0.15, 0.2) is 23.1 Å². The molecule has 5 N–H and O–H groups in total. The summed E-state index contributed by atoms with van der Waals surface area (Å²) in [6.07, 6.45) is 0.295. The molecule has 0 aliphatic heterocycles. The number of phenolic OH excluding ortho intramolecular Hbond substituents is 1. The lowest BCUT2D eigenvalue weighted by Gasteiger charge is -2.23. The average molecular weight is 304 g/mol. The fourth-order valence-corrected chi connectivity index (χ4v) is 2.64. The highest BCUT2D eigenvalue weighted by atomic mass is 32.2. The molecule has 0 aromatic heterocycles. The minimum Gasteiger partial charge on any atom is -0.506 e. The van der Waals surface area contributed by atoms with Gasteiger partial charge in [0.05, 0.1) is 16.2 Å². The van der Waals surface area contributed by atoms with Crippen LogP contribution >= 0.6 is 0 Å². The Kier molecular flexibility index (Phi) is 5.35. The van der Waals surface area contributed by atoms with Crippen LogP contribution in [0.1, 0.15) is 13.3 Å². The number of methoxy groups -OCH3 is 1. The zero-order valence-electron chi connectivity index (χ0n) is 11.5. The molecule has 0 saturated heterocycles. The maximum atomic E-state index is 12.0. The van der Waals surface area contributed by atoms with Gasteiger partial charge in [-0.05, 0) is 25.1 Å². The molecular formula is C12H20N2O5S. The average Bonchev–Trinajstić information content (AvgIpc) is 2.37. The molecule has 1 atom stereocenters. The van der Waals surface area contributed by atoms with E-state index in [0.29, 0.717) is 13.0 Å². The predicted octanol–water partition coefficient (Wildman–Crippen LogP) is 0.0402. The first kappa shape index (κ1) is 16.7. The molecule has 1 unspecified atom stereocenters. The fraction of sp³-hybridized carbons (Fsp3) is 0.500. The van der Waals surface area contributed by atoms with E-state index in [4.69, 9.17) is 10.5 Å². The number of sulfonamides is 1. The molecule has 0 heterocycles. The number of aliphatic hydroxyl groups is 1. The third-order valence-corrected chi connectivity index (χ3v) is 4.20. The Hall–Kier alpha value is -1.35. The van der Waals surface area contributed by atoms with E-state index in [1.807, 2.05) is 0 Å². The van der Waals surface area contributed by atoms with Gasteiger partial charge in [0.15, 0.2) is 0 Å². The molecule has 0 fully saturated rings. The fourth-order valence-electron chi connectivity index (χ4n) is 1.44. The van der Waals surface area contributed by atoms with Gasteiger partial charge in [0.1, 0.15) is 5.75 Å². The molecule has 0 radical (unpaired) electrons. The molecule has 0 saturated carbocycles. The molecule has 8 heteroatoms. The highest BCUT2D eigenvalue weighted by Gasteiger charge is 2.24. The second kappa shape index (κ2) is 6.40. The Morgan fingerprint density at radius 1 is 1.45 bits per heavy atom. The van der Waals surface area contributed by atoms with Crippen molar-refractivity contribution in [2.75, 3.05) is 26.0 Å². The van der Waals surface area contributed by atoms with Gasteiger partial charge in [0.2, 0.25) is 10.0 Å². The maximum Gasteiger partial charge on any atom is 0.240 e. The standard InChI is InChI=1S/C12H20N2O5S/c1-12(16,5-6-19-2)8-14-20(17,18)9-3-4-11(15)10(13)7-9/h3-4,7,14-16H,5-6,8,13H2,1-2H3. The van der Waals surface area contributed by atoms with Crippen molar-refractivity contribution in [2.45, 2.75) is 23.8 Å². The molecule has 1 rings (SSSR count). The summed E-state index contributed by atoms with van der Waals surface area (Å²) in [5.74, 6) is -0.184. The van der Waals surface area contributed by atoms with E-state index in [0.717, 1.165) is 6.07 Å². The van der Waals surface area contributed by atoms with E-state index >= 15 is 0 Å². The molecule has 0 bridgehead atoms. The molecule has 20 heavy (non-hydrogen) atoms. The van der Waals surface area contributed by atoms with E-state index < -0.39 is 15.6 Å². The number of nitrogen functional groups attached to an aromatic ring is 1. The summed E-state index contributed by atoms with van der Waals surface area (Å²) in [7, 11) is -2.30. The predicted molar refractivity (Wildman–Crippen MR) is 74.8 cm³/mol. The summed E-state index contributed by atoms with van der Waals surface area (Å²) >= 11 is 0. The van der Waals surface area contributed by atoms with Gasteiger partial charge in [-0.1, -0.05) is 0 Å². The summed E-state index contributed by atoms with van der Waals surface area (Å²) in [5, 5.41) is 19.3. The third-order valence-electron chi connectivity index (χ3n) is 2.80. The topological polar surface area (TPSA) is 122 Å². The van der Waals surface area contributed by atoms with Crippen molar-refractivity contribution in [2.24, 2.45) is 0 Å². The number of hydrogen-bond donors (Lipinski definition) is 4. The van der Waals surface area contributed by atoms with Gasteiger partial charge in [0.25, 0.3) is 0 Å². The van der Waals surface area contributed by atoms with Gasteiger partial charge in [-0.3, -0.25) is 0 Å².